The van der Waals surface area contributed by atoms with E-state index in [0.29, 0.717) is 0 Å². The molecule has 1 aromatic heterocycles. The minimum atomic E-state index is -4.67. The smallest absolute Gasteiger partial charge is 0.421 e. The Morgan fingerprint density at radius 1 is 1.42 bits per heavy atom. The maximum Gasteiger partial charge on any atom is 0.421 e. The topological polar surface area (TPSA) is 95.0 Å². The van der Waals surface area contributed by atoms with Crippen molar-refractivity contribution in [2.24, 2.45) is 0 Å². The van der Waals surface area contributed by atoms with Crippen molar-refractivity contribution in [2.75, 3.05) is 38.7 Å². The molecule has 2 rings (SSSR count). The number of methoxy groups -OCH3 is 1. The third-order valence-electron chi connectivity index (χ3n) is 3.89. The van der Waals surface area contributed by atoms with E-state index in [1.807, 2.05) is 0 Å². The summed E-state index contributed by atoms with van der Waals surface area (Å²) in [7, 11) is 2.45. The van der Waals surface area contributed by atoms with Crippen LogP contribution in [0.15, 0.2) is 10.5 Å². The Kier molecular flexibility index (Phi) is 5.84. The number of amides is 2. The van der Waals surface area contributed by atoms with E-state index in [4.69, 9.17) is 9.84 Å². The van der Waals surface area contributed by atoms with Gasteiger partial charge in [-0.2, -0.15) is 18.2 Å². The fourth-order valence-corrected chi connectivity index (χ4v) is 3.17. The van der Waals surface area contributed by atoms with Crippen LogP contribution in [0.3, 0.4) is 0 Å². The molecule has 26 heavy (non-hydrogen) atoms. The van der Waals surface area contributed by atoms with E-state index >= 15 is 0 Å². The second-order valence-corrected chi connectivity index (χ2v) is 6.25. The van der Waals surface area contributed by atoms with Gasteiger partial charge in [0, 0.05) is 20.1 Å². The van der Waals surface area contributed by atoms with Crippen molar-refractivity contribution in [1.29, 1.82) is 0 Å². The van der Waals surface area contributed by atoms with Crippen molar-refractivity contribution in [3.05, 3.63) is 16.1 Å². The number of ether oxygens (including phenoxy) is 1. The van der Waals surface area contributed by atoms with Crippen LogP contribution in [0.25, 0.3) is 0 Å². The SMILES string of the molecule is CNC(=O)C1CN(C(=O)O)CCN1c1nc(OC)c(C(F)(F)F)cc1Br. The molecule has 1 atom stereocenters. The molecule has 0 aliphatic carbocycles. The van der Waals surface area contributed by atoms with Crippen molar-refractivity contribution in [3.63, 3.8) is 0 Å². The van der Waals surface area contributed by atoms with E-state index in [-0.39, 0.29) is 29.9 Å². The number of nitrogens with one attached hydrogen (secondary N) is 1. The lowest BCUT2D eigenvalue weighted by molar-refractivity contribution is -0.139. The first-order valence-corrected chi connectivity index (χ1v) is 8.17. The summed E-state index contributed by atoms with van der Waals surface area (Å²) in [5.74, 6) is -1.05. The van der Waals surface area contributed by atoms with Crippen LogP contribution in [0.2, 0.25) is 0 Å². The van der Waals surface area contributed by atoms with Gasteiger partial charge in [-0.15, -0.1) is 0 Å². The Morgan fingerprint density at radius 3 is 2.58 bits per heavy atom. The zero-order valence-electron chi connectivity index (χ0n) is 13.8. The summed E-state index contributed by atoms with van der Waals surface area (Å²) in [5, 5.41) is 11.6. The number of pyridine rings is 1. The largest absolute Gasteiger partial charge is 0.481 e. The van der Waals surface area contributed by atoms with Crippen LogP contribution in [0.4, 0.5) is 23.8 Å². The molecule has 12 heteroatoms. The molecule has 2 amide bonds. The highest BCUT2D eigenvalue weighted by atomic mass is 79.9. The summed E-state index contributed by atoms with van der Waals surface area (Å²) >= 11 is 3.06. The van der Waals surface area contributed by atoms with Crippen molar-refractivity contribution >= 4 is 33.7 Å². The normalized spacial score (nSPS) is 17.8. The summed E-state index contributed by atoms with van der Waals surface area (Å²) in [4.78, 5) is 29.8. The zero-order chi connectivity index (χ0) is 19.6. The summed E-state index contributed by atoms with van der Waals surface area (Å²) < 4.78 is 44.1. The predicted octanol–water partition coefficient (Wildman–Crippen LogP) is 1.79. The summed E-state index contributed by atoms with van der Waals surface area (Å²) in [5.41, 5.74) is -1.06. The Balaban J connectivity index is 2.48. The van der Waals surface area contributed by atoms with Crippen LogP contribution in [0.5, 0.6) is 5.88 Å². The monoisotopic (exact) mass is 440 g/mol. The zero-order valence-corrected chi connectivity index (χ0v) is 15.4. The van der Waals surface area contributed by atoms with Gasteiger partial charge in [0.2, 0.25) is 11.8 Å². The molecule has 0 spiro atoms. The van der Waals surface area contributed by atoms with Gasteiger partial charge in [0.25, 0.3) is 0 Å². The maximum atomic E-state index is 13.1. The number of aromatic nitrogens is 1. The summed E-state index contributed by atoms with van der Waals surface area (Å²) in [6.07, 6.45) is -5.85. The van der Waals surface area contributed by atoms with E-state index in [1.165, 1.54) is 11.9 Å². The van der Waals surface area contributed by atoms with Crippen LogP contribution in [-0.4, -0.2) is 66.8 Å². The number of rotatable bonds is 3. The molecule has 2 heterocycles. The van der Waals surface area contributed by atoms with Gasteiger partial charge in [-0.1, -0.05) is 0 Å². The first-order valence-electron chi connectivity index (χ1n) is 7.38. The van der Waals surface area contributed by atoms with E-state index in [2.05, 4.69) is 26.2 Å². The number of piperazine rings is 1. The summed E-state index contributed by atoms with van der Waals surface area (Å²) in [6, 6.07) is -0.124. The van der Waals surface area contributed by atoms with Crippen LogP contribution in [0.1, 0.15) is 5.56 Å². The van der Waals surface area contributed by atoms with Crippen molar-refractivity contribution in [3.8, 4) is 5.88 Å². The molecule has 1 aromatic rings. The van der Waals surface area contributed by atoms with E-state index in [1.54, 1.807) is 0 Å². The number of anilines is 1. The van der Waals surface area contributed by atoms with Crippen LogP contribution in [0, 0.1) is 0 Å². The lowest BCUT2D eigenvalue weighted by Crippen LogP contribution is -2.60. The van der Waals surface area contributed by atoms with Gasteiger partial charge in [0.1, 0.15) is 17.4 Å². The fourth-order valence-electron chi connectivity index (χ4n) is 2.62. The van der Waals surface area contributed by atoms with Crippen LogP contribution < -0.4 is 15.0 Å². The second kappa shape index (κ2) is 7.56. The second-order valence-electron chi connectivity index (χ2n) is 5.40. The highest BCUT2D eigenvalue weighted by Gasteiger charge is 2.39. The minimum absolute atomic E-state index is 0.0169. The lowest BCUT2D eigenvalue weighted by atomic mass is 10.1. The van der Waals surface area contributed by atoms with Crippen molar-refractivity contribution in [1.82, 2.24) is 15.2 Å². The molecule has 144 valence electrons. The Labute approximate surface area is 155 Å². The summed E-state index contributed by atoms with van der Waals surface area (Å²) in [6.45, 7) is -0.00272. The fraction of sp³-hybridized carbons (Fsp3) is 0.500. The number of nitrogens with zero attached hydrogens (tertiary/aromatic N) is 3. The quantitative estimate of drug-likeness (QED) is 0.743. The molecule has 1 fully saturated rings. The number of carboxylic acid groups (broad SMARTS) is 1. The van der Waals surface area contributed by atoms with E-state index < -0.39 is 35.7 Å². The Hall–Kier alpha value is -2.24. The number of likely N-dealkylation sites (N-methyl/N-ethyl adjacent to an activating group) is 1. The van der Waals surface area contributed by atoms with Crippen LogP contribution in [-0.2, 0) is 11.0 Å². The molecule has 0 radical (unpaired) electrons. The minimum Gasteiger partial charge on any atom is -0.481 e. The highest BCUT2D eigenvalue weighted by molar-refractivity contribution is 9.10. The van der Waals surface area contributed by atoms with Crippen molar-refractivity contribution in [2.45, 2.75) is 12.2 Å². The van der Waals surface area contributed by atoms with Gasteiger partial charge in [-0.25, -0.2) is 4.79 Å². The van der Waals surface area contributed by atoms with Crippen molar-refractivity contribution < 1.29 is 32.6 Å². The first kappa shape index (κ1) is 20.1. The Morgan fingerprint density at radius 2 is 2.08 bits per heavy atom. The number of hydrogen-bond donors (Lipinski definition) is 2. The molecule has 1 aliphatic rings. The molecule has 0 saturated carbocycles. The molecule has 0 bridgehead atoms. The number of carbonyl (C=O) groups is 2. The van der Waals surface area contributed by atoms with Gasteiger partial charge in [-0.3, -0.25) is 4.79 Å². The molecule has 8 nitrogen and oxygen atoms in total. The third-order valence-corrected chi connectivity index (χ3v) is 4.48. The van der Waals surface area contributed by atoms with Gasteiger partial charge < -0.3 is 25.0 Å². The van der Waals surface area contributed by atoms with E-state index in [9.17, 15) is 22.8 Å². The molecule has 2 N–H and O–H groups in total. The molecule has 0 aromatic carbocycles. The lowest BCUT2D eigenvalue weighted by Gasteiger charge is -2.40. The molecule has 1 unspecified atom stereocenters. The number of hydrogen-bond acceptors (Lipinski definition) is 5. The average Bonchev–Trinajstić information content (AvgIpc) is 2.59. The molecular weight excluding hydrogens is 425 g/mol. The number of halogens is 4. The standard InChI is InChI=1S/C14H16BrF3N4O4/c1-19-11(23)9-6-21(13(24)25)3-4-22(9)10-8(15)5-7(14(16,17)18)12(20-10)26-2/h5,9H,3-4,6H2,1-2H3,(H,19,23)(H,24,25). The van der Waals surface area contributed by atoms with Gasteiger partial charge >= 0.3 is 12.3 Å². The third kappa shape index (κ3) is 3.94. The molecule has 1 saturated heterocycles. The maximum absolute atomic E-state index is 13.1. The van der Waals surface area contributed by atoms with Crippen LogP contribution >= 0.6 is 15.9 Å². The predicted molar refractivity (Wildman–Crippen MR) is 88.3 cm³/mol. The number of carbonyl (C=O) groups excluding carboxylic acids is 1. The first-order chi connectivity index (χ1) is 12.1. The number of alkyl halides is 3. The average molecular weight is 441 g/mol. The highest BCUT2D eigenvalue weighted by Crippen LogP contribution is 2.40. The molecular formula is C14H16BrF3N4O4. The van der Waals surface area contributed by atoms with Gasteiger partial charge in [0.05, 0.1) is 18.1 Å². The van der Waals surface area contributed by atoms with Gasteiger partial charge in [-0.05, 0) is 22.0 Å². The molecule has 1 aliphatic heterocycles. The Bertz CT molecular complexity index is 716. The van der Waals surface area contributed by atoms with Gasteiger partial charge in [0.15, 0.2) is 0 Å². The van der Waals surface area contributed by atoms with E-state index in [0.717, 1.165) is 18.1 Å².